The topological polar surface area (TPSA) is 83.7 Å². The molecule has 2 aromatic heterocycles. The van der Waals surface area contributed by atoms with E-state index in [-0.39, 0.29) is 5.91 Å². The number of benzene rings is 1. The standard InChI is InChI=1S/C20H23N5O3S2/c1-27-16-6-4-15(5-7-16)24-8-10-25(11-9-24)18(26)14-29-20-23-22-19(30-20)21-13-17-3-2-12-28-17/h2-7,12H,8-11,13-14H2,1H3,(H,21,22). The normalized spacial score (nSPS) is 14.0. The number of amides is 1. The van der Waals surface area contributed by atoms with Crippen LogP contribution in [0.2, 0.25) is 0 Å². The van der Waals surface area contributed by atoms with Gasteiger partial charge in [0, 0.05) is 31.9 Å². The Kier molecular flexibility index (Phi) is 6.75. The number of nitrogens with zero attached hydrogens (tertiary/aromatic N) is 4. The van der Waals surface area contributed by atoms with Gasteiger partial charge in [0.2, 0.25) is 11.0 Å². The first kappa shape index (κ1) is 20.5. The Bertz CT molecular complexity index is 938. The maximum atomic E-state index is 12.6. The Hall–Kier alpha value is -2.72. The molecule has 30 heavy (non-hydrogen) atoms. The second-order valence-electron chi connectivity index (χ2n) is 6.66. The predicted octanol–water partition coefficient (Wildman–Crippen LogP) is 3.19. The molecule has 0 atom stereocenters. The molecule has 158 valence electrons. The molecule has 1 fully saturated rings. The van der Waals surface area contributed by atoms with Crippen molar-refractivity contribution in [1.29, 1.82) is 0 Å². The van der Waals surface area contributed by atoms with Gasteiger partial charge in [-0.15, -0.1) is 10.2 Å². The van der Waals surface area contributed by atoms with Gasteiger partial charge in [-0.2, -0.15) is 0 Å². The molecule has 1 aromatic carbocycles. The van der Waals surface area contributed by atoms with Crippen molar-refractivity contribution in [3.05, 3.63) is 48.4 Å². The van der Waals surface area contributed by atoms with Gasteiger partial charge in [0.25, 0.3) is 0 Å². The molecule has 1 aliphatic rings. The van der Waals surface area contributed by atoms with Crippen LogP contribution >= 0.6 is 23.1 Å². The van der Waals surface area contributed by atoms with E-state index in [4.69, 9.17) is 9.15 Å². The van der Waals surface area contributed by atoms with Crippen LogP contribution in [0.25, 0.3) is 0 Å². The zero-order valence-corrected chi connectivity index (χ0v) is 18.2. The molecule has 0 unspecified atom stereocenters. The number of nitrogens with one attached hydrogen (secondary N) is 1. The summed E-state index contributed by atoms with van der Waals surface area (Å²) >= 11 is 2.87. The van der Waals surface area contributed by atoms with E-state index in [2.05, 4.69) is 32.5 Å². The summed E-state index contributed by atoms with van der Waals surface area (Å²) in [5.41, 5.74) is 1.15. The van der Waals surface area contributed by atoms with Crippen molar-refractivity contribution >= 4 is 39.8 Å². The average Bonchev–Trinajstić information content (AvgIpc) is 3.48. The van der Waals surface area contributed by atoms with E-state index in [0.29, 0.717) is 12.3 Å². The zero-order chi connectivity index (χ0) is 20.8. The molecule has 1 amide bonds. The summed E-state index contributed by atoms with van der Waals surface area (Å²) in [6, 6.07) is 11.8. The minimum atomic E-state index is 0.134. The molecule has 8 nitrogen and oxygen atoms in total. The van der Waals surface area contributed by atoms with Gasteiger partial charge in [-0.1, -0.05) is 23.1 Å². The quantitative estimate of drug-likeness (QED) is 0.529. The fourth-order valence-electron chi connectivity index (χ4n) is 3.14. The third kappa shape index (κ3) is 5.25. The summed E-state index contributed by atoms with van der Waals surface area (Å²) in [5, 5.41) is 12.2. The van der Waals surface area contributed by atoms with Gasteiger partial charge >= 0.3 is 0 Å². The van der Waals surface area contributed by atoms with Crippen molar-refractivity contribution in [2.45, 2.75) is 10.9 Å². The van der Waals surface area contributed by atoms with Gasteiger partial charge in [0.1, 0.15) is 11.5 Å². The van der Waals surface area contributed by atoms with Crippen LogP contribution in [-0.2, 0) is 11.3 Å². The highest BCUT2D eigenvalue weighted by molar-refractivity contribution is 8.01. The molecule has 0 bridgehead atoms. The fourth-order valence-corrected chi connectivity index (χ4v) is 4.79. The molecule has 1 aliphatic heterocycles. The van der Waals surface area contributed by atoms with Gasteiger partial charge in [-0.3, -0.25) is 4.79 Å². The van der Waals surface area contributed by atoms with Gasteiger partial charge < -0.3 is 24.3 Å². The number of ether oxygens (including phenoxy) is 1. The van der Waals surface area contributed by atoms with Gasteiger partial charge in [-0.25, -0.2) is 0 Å². The Labute approximate surface area is 183 Å². The fraction of sp³-hybridized carbons (Fsp3) is 0.350. The smallest absolute Gasteiger partial charge is 0.233 e. The third-order valence-corrected chi connectivity index (χ3v) is 6.79. The second kappa shape index (κ2) is 9.86. The Morgan fingerprint density at radius 2 is 2.00 bits per heavy atom. The number of aromatic nitrogens is 2. The number of carbonyl (C=O) groups excluding carboxylic acids is 1. The Morgan fingerprint density at radius 1 is 1.20 bits per heavy atom. The van der Waals surface area contributed by atoms with E-state index < -0.39 is 0 Å². The van der Waals surface area contributed by atoms with Crippen LogP contribution in [0.1, 0.15) is 5.76 Å². The first-order valence-electron chi connectivity index (χ1n) is 9.60. The van der Waals surface area contributed by atoms with Gasteiger partial charge in [0.15, 0.2) is 4.34 Å². The summed E-state index contributed by atoms with van der Waals surface area (Å²) in [5.74, 6) is 2.19. The van der Waals surface area contributed by atoms with E-state index in [1.54, 1.807) is 13.4 Å². The average molecular weight is 446 g/mol. The summed E-state index contributed by atoms with van der Waals surface area (Å²) in [6.45, 7) is 3.64. The minimum absolute atomic E-state index is 0.134. The molecule has 1 N–H and O–H groups in total. The lowest BCUT2D eigenvalue weighted by atomic mass is 10.2. The highest BCUT2D eigenvalue weighted by atomic mass is 32.2. The number of furan rings is 1. The van der Waals surface area contributed by atoms with E-state index in [1.807, 2.05) is 29.2 Å². The Morgan fingerprint density at radius 3 is 2.70 bits per heavy atom. The van der Waals surface area contributed by atoms with Crippen LogP contribution in [0.4, 0.5) is 10.8 Å². The van der Waals surface area contributed by atoms with Crippen molar-refractivity contribution < 1.29 is 13.9 Å². The second-order valence-corrected chi connectivity index (χ2v) is 8.86. The number of methoxy groups -OCH3 is 1. The molecule has 3 aromatic rings. The lowest BCUT2D eigenvalue weighted by Gasteiger charge is -2.36. The van der Waals surface area contributed by atoms with Crippen molar-refractivity contribution in [3.63, 3.8) is 0 Å². The maximum absolute atomic E-state index is 12.6. The highest BCUT2D eigenvalue weighted by Gasteiger charge is 2.22. The van der Waals surface area contributed by atoms with E-state index in [9.17, 15) is 4.79 Å². The third-order valence-electron chi connectivity index (χ3n) is 4.79. The van der Waals surface area contributed by atoms with Crippen molar-refractivity contribution in [1.82, 2.24) is 15.1 Å². The summed E-state index contributed by atoms with van der Waals surface area (Å²) in [7, 11) is 1.66. The first-order valence-corrected chi connectivity index (χ1v) is 11.4. The van der Waals surface area contributed by atoms with Gasteiger partial charge in [-0.05, 0) is 36.4 Å². The summed E-state index contributed by atoms with van der Waals surface area (Å²) in [6.07, 6.45) is 1.64. The van der Waals surface area contributed by atoms with Crippen LogP contribution in [0.5, 0.6) is 5.75 Å². The number of hydrogen-bond acceptors (Lipinski definition) is 9. The Balaban J connectivity index is 1.20. The van der Waals surface area contributed by atoms with Crippen molar-refractivity contribution in [3.8, 4) is 5.75 Å². The van der Waals surface area contributed by atoms with Crippen LogP contribution in [0.15, 0.2) is 51.4 Å². The van der Waals surface area contributed by atoms with Crippen LogP contribution in [0.3, 0.4) is 0 Å². The molecule has 4 rings (SSSR count). The van der Waals surface area contributed by atoms with Crippen molar-refractivity contribution in [2.75, 3.05) is 49.3 Å². The molecule has 10 heteroatoms. The molecular formula is C20H23N5O3S2. The number of thioether (sulfide) groups is 1. The largest absolute Gasteiger partial charge is 0.497 e. The lowest BCUT2D eigenvalue weighted by Crippen LogP contribution is -2.49. The molecule has 0 aliphatic carbocycles. The SMILES string of the molecule is COc1ccc(N2CCN(C(=O)CSc3nnc(NCc4ccco4)s3)CC2)cc1. The summed E-state index contributed by atoms with van der Waals surface area (Å²) in [4.78, 5) is 16.8. The summed E-state index contributed by atoms with van der Waals surface area (Å²) < 4.78 is 11.3. The lowest BCUT2D eigenvalue weighted by molar-refractivity contribution is -0.128. The molecule has 0 spiro atoms. The monoisotopic (exact) mass is 445 g/mol. The van der Waals surface area contributed by atoms with Crippen molar-refractivity contribution in [2.24, 2.45) is 0 Å². The van der Waals surface area contributed by atoms with E-state index >= 15 is 0 Å². The number of anilines is 2. The number of hydrogen-bond donors (Lipinski definition) is 1. The van der Waals surface area contributed by atoms with Crippen LogP contribution in [0, 0.1) is 0 Å². The minimum Gasteiger partial charge on any atom is -0.497 e. The zero-order valence-electron chi connectivity index (χ0n) is 16.6. The molecule has 3 heterocycles. The van der Waals surface area contributed by atoms with E-state index in [1.165, 1.54) is 23.1 Å². The molecular weight excluding hydrogens is 422 g/mol. The molecule has 0 saturated carbocycles. The maximum Gasteiger partial charge on any atom is 0.233 e. The molecule has 1 saturated heterocycles. The number of piperazine rings is 1. The highest BCUT2D eigenvalue weighted by Crippen LogP contribution is 2.26. The van der Waals surface area contributed by atoms with E-state index in [0.717, 1.165) is 52.8 Å². The van der Waals surface area contributed by atoms with Crippen LogP contribution < -0.4 is 15.0 Å². The number of rotatable bonds is 8. The molecule has 0 radical (unpaired) electrons. The van der Waals surface area contributed by atoms with Crippen LogP contribution in [-0.4, -0.2) is 60.0 Å². The van der Waals surface area contributed by atoms with Gasteiger partial charge in [0.05, 0.1) is 25.7 Å². The predicted molar refractivity (Wildman–Crippen MR) is 118 cm³/mol. The number of carbonyl (C=O) groups is 1. The first-order chi connectivity index (χ1) is 14.7.